The molecule has 0 amide bonds. The fraction of sp³-hybridized carbons (Fsp3) is 0.947. The number of ether oxygens (including phenoxy) is 1. The van der Waals surface area contributed by atoms with Crippen LogP contribution in [0.15, 0.2) is 4.99 Å². The van der Waals surface area contributed by atoms with E-state index in [4.69, 9.17) is 9.73 Å². The topological polar surface area (TPSA) is 43.3 Å². The van der Waals surface area contributed by atoms with Gasteiger partial charge >= 0.3 is 0 Å². The van der Waals surface area contributed by atoms with Gasteiger partial charge in [0.25, 0.3) is 0 Å². The van der Waals surface area contributed by atoms with Crippen molar-refractivity contribution in [2.45, 2.75) is 33.1 Å². The van der Waals surface area contributed by atoms with Gasteiger partial charge in [0.1, 0.15) is 0 Å². The number of hydrogen-bond donors (Lipinski definition) is 1. The van der Waals surface area contributed by atoms with E-state index in [1.165, 1.54) is 58.5 Å². The minimum atomic E-state index is 0.649. The number of nitrogens with one attached hydrogen (secondary N) is 1. The van der Waals surface area contributed by atoms with E-state index in [1.807, 2.05) is 0 Å². The maximum absolute atomic E-state index is 5.49. The summed E-state index contributed by atoms with van der Waals surface area (Å²) in [7, 11) is 2.15. The van der Waals surface area contributed by atoms with Gasteiger partial charge in [-0.1, -0.05) is 6.92 Å². The first-order chi connectivity index (χ1) is 12.2. The molecule has 2 aliphatic heterocycles. The summed E-state index contributed by atoms with van der Waals surface area (Å²) in [6, 6.07) is 0. The Hall–Kier alpha value is -0.850. The highest BCUT2D eigenvalue weighted by Crippen LogP contribution is 2.13. The number of nitrogens with zero attached hydrogens (tertiary/aromatic N) is 4. The van der Waals surface area contributed by atoms with Crippen LogP contribution in [0, 0.1) is 5.92 Å². The van der Waals surface area contributed by atoms with E-state index in [0.29, 0.717) is 5.92 Å². The first kappa shape index (κ1) is 20.5. The van der Waals surface area contributed by atoms with Crippen LogP contribution in [-0.2, 0) is 4.74 Å². The van der Waals surface area contributed by atoms with Crippen LogP contribution in [0.25, 0.3) is 0 Å². The zero-order valence-electron chi connectivity index (χ0n) is 16.7. The van der Waals surface area contributed by atoms with Gasteiger partial charge in [0.05, 0.1) is 6.61 Å². The summed E-state index contributed by atoms with van der Waals surface area (Å²) in [6.45, 7) is 16.4. The number of likely N-dealkylation sites (N-methyl/N-ethyl adjacent to an activating group) is 1. The molecule has 2 aliphatic rings. The molecule has 1 atom stereocenters. The summed E-state index contributed by atoms with van der Waals surface area (Å²) in [5, 5.41) is 3.43. The zero-order chi connectivity index (χ0) is 17.9. The molecule has 1 unspecified atom stereocenters. The SMILES string of the molecule is CCNC(=NCCCCN1CCN(CC)CC1)N(C)CC1CCOC1. The smallest absolute Gasteiger partial charge is 0.193 e. The number of unbranched alkanes of at least 4 members (excludes halogenated alkanes) is 1. The van der Waals surface area contributed by atoms with Crippen molar-refractivity contribution in [2.75, 3.05) is 79.2 Å². The molecular weight excluding hydrogens is 314 g/mol. The summed E-state index contributed by atoms with van der Waals surface area (Å²) in [5.74, 6) is 1.70. The van der Waals surface area contributed by atoms with E-state index in [-0.39, 0.29) is 0 Å². The lowest BCUT2D eigenvalue weighted by Gasteiger charge is -2.33. The Kier molecular flexibility index (Phi) is 9.58. The lowest BCUT2D eigenvalue weighted by atomic mass is 10.1. The molecule has 2 fully saturated rings. The van der Waals surface area contributed by atoms with Crippen molar-refractivity contribution in [2.24, 2.45) is 10.9 Å². The van der Waals surface area contributed by atoms with Crippen molar-refractivity contribution < 1.29 is 4.74 Å². The summed E-state index contributed by atoms with van der Waals surface area (Å²) in [5.41, 5.74) is 0. The quantitative estimate of drug-likeness (QED) is 0.385. The van der Waals surface area contributed by atoms with Crippen molar-refractivity contribution in [3.8, 4) is 0 Å². The Balaban J connectivity index is 1.63. The van der Waals surface area contributed by atoms with Crippen LogP contribution < -0.4 is 5.32 Å². The van der Waals surface area contributed by atoms with Gasteiger partial charge in [-0.25, -0.2) is 0 Å². The fourth-order valence-corrected chi connectivity index (χ4v) is 3.63. The summed E-state index contributed by atoms with van der Waals surface area (Å²) < 4.78 is 5.49. The van der Waals surface area contributed by atoms with Crippen LogP contribution in [0.3, 0.4) is 0 Å². The Labute approximate surface area is 154 Å². The average Bonchev–Trinajstić information content (AvgIpc) is 3.14. The molecule has 6 nitrogen and oxygen atoms in total. The molecule has 0 aliphatic carbocycles. The van der Waals surface area contributed by atoms with Crippen LogP contribution in [0.5, 0.6) is 0 Å². The second-order valence-corrected chi connectivity index (χ2v) is 7.33. The van der Waals surface area contributed by atoms with Gasteiger partial charge in [0.15, 0.2) is 5.96 Å². The maximum atomic E-state index is 5.49. The Bertz CT molecular complexity index is 376. The Morgan fingerprint density at radius 2 is 1.92 bits per heavy atom. The molecule has 2 rings (SSSR count). The van der Waals surface area contributed by atoms with E-state index in [2.05, 4.69) is 40.9 Å². The third-order valence-corrected chi connectivity index (χ3v) is 5.31. The minimum Gasteiger partial charge on any atom is -0.381 e. The van der Waals surface area contributed by atoms with Crippen molar-refractivity contribution in [1.29, 1.82) is 0 Å². The van der Waals surface area contributed by atoms with Gasteiger partial charge in [-0.2, -0.15) is 0 Å². The lowest BCUT2D eigenvalue weighted by Crippen LogP contribution is -2.46. The fourth-order valence-electron chi connectivity index (χ4n) is 3.63. The molecule has 0 aromatic heterocycles. The number of rotatable bonds is 9. The highest BCUT2D eigenvalue weighted by Gasteiger charge is 2.19. The second-order valence-electron chi connectivity index (χ2n) is 7.33. The van der Waals surface area contributed by atoms with Gasteiger partial charge < -0.3 is 24.8 Å². The first-order valence-electron chi connectivity index (χ1n) is 10.2. The third kappa shape index (κ3) is 7.50. The largest absolute Gasteiger partial charge is 0.381 e. The Morgan fingerprint density at radius 3 is 2.56 bits per heavy atom. The molecule has 0 spiro atoms. The van der Waals surface area contributed by atoms with E-state index >= 15 is 0 Å². The molecule has 25 heavy (non-hydrogen) atoms. The molecule has 0 bridgehead atoms. The molecule has 146 valence electrons. The van der Waals surface area contributed by atoms with Crippen LogP contribution >= 0.6 is 0 Å². The standard InChI is InChI=1S/C19H39N5O/c1-4-20-19(22(3)16-18-8-15-25-17-18)21-9-6-7-10-24-13-11-23(5-2)12-14-24/h18H,4-17H2,1-3H3,(H,20,21). The number of guanidine groups is 1. The van der Waals surface area contributed by atoms with Crippen molar-refractivity contribution >= 4 is 5.96 Å². The zero-order valence-corrected chi connectivity index (χ0v) is 16.7. The predicted octanol–water partition coefficient (Wildman–Crippen LogP) is 1.34. The number of piperazine rings is 1. The average molecular weight is 354 g/mol. The second kappa shape index (κ2) is 11.7. The third-order valence-electron chi connectivity index (χ3n) is 5.31. The van der Waals surface area contributed by atoms with Gasteiger partial charge in [0.2, 0.25) is 0 Å². The molecule has 2 saturated heterocycles. The number of hydrogen-bond acceptors (Lipinski definition) is 4. The molecule has 6 heteroatoms. The lowest BCUT2D eigenvalue weighted by molar-refractivity contribution is 0.136. The summed E-state index contributed by atoms with van der Waals surface area (Å²) >= 11 is 0. The van der Waals surface area contributed by atoms with Crippen LogP contribution in [0.1, 0.15) is 33.1 Å². The number of aliphatic imine (C=N–C) groups is 1. The first-order valence-corrected chi connectivity index (χ1v) is 10.2. The van der Waals surface area contributed by atoms with Crippen LogP contribution in [0.4, 0.5) is 0 Å². The molecule has 2 heterocycles. The molecule has 0 aromatic rings. The summed E-state index contributed by atoms with van der Waals surface area (Å²) in [6.07, 6.45) is 3.59. The van der Waals surface area contributed by atoms with Gasteiger partial charge in [0, 0.05) is 65.4 Å². The maximum Gasteiger partial charge on any atom is 0.193 e. The van der Waals surface area contributed by atoms with E-state index in [1.54, 1.807) is 0 Å². The molecule has 0 saturated carbocycles. The molecule has 1 N–H and O–H groups in total. The van der Waals surface area contributed by atoms with Gasteiger partial charge in [-0.15, -0.1) is 0 Å². The van der Waals surface area contributed by atoms with Crippen LogP contribution in [0.2, 0.25) is 0 Å². The monoisotopic (exact) mass is 353 g/mol. The van der Waals surface area contributed by atoms with E-state index in [0.717, 1.165) is 38.8 Å². The highest BCUT2D eigenvalue weighted by atomic mass is 16.5. The van der Waals surface area contributed by atoms with Crippen molar-refractivity contribution in [1.82, 2.24) is 20.0 Å². The Morgan fingerprint density at radius 1 is 1.16 bits per heavy atom. The van der Waals surface area contributed by atoms with Gasteiger partial charge in [-0.05, 0) is 39.3 Å². The van der Waals surface area contributed by atoms with Crippen molar-refractivity contribution in [3.63, 3.8) is 0 Å². The summed E-state index contributed by atoms with van der Waals surface area (Å²) in [4.78, 5) is 12.2. The normalized spacial score (nSPS) is 23.2. The molecule has 0 aromatic carbocycles. The van der Waals surface area contributed by atoms with Gasteiger partial charge in [-0.3, -0.25) is 4.99 Å². The molecule has 0 radical (unpaired) electrons. The minimum absolute atomic E-state index is 0.649. The van der Waals surface area contributed by atoms with E-state index < -0.39 is 0 Å². The molecular formula is C19H39N5O. The highest BCUT2D eigenvalue weighted by molar-refractivity contribution is 5.79. The van der Waals surface area contributed by atoms with Crippen molar-refractivity contribution in [3.05, 3.63) is 0 Å². The predicted molar refractivity (Wildman–Crippen MR) is 105 cm³/mol. The van der Waals surface area contributed by atoms with E-state index in [9.17, 15) is 0 Å². The van der Waals surface area contributed by atoms with Crippen LogP contribution in [-0.4, -0.2) is 99.8 Å².